The number of halogens is 1. The van der Waals surface area contributed by atoms with E-state index < -0.39 is 0 Å². The van der Waals surface area contributed by atoms with Gasteiger partial charge in [-0.25, -0.2) is 0 Å². The van der Waals surface area contributed by atoms with Crippen LogP contribution in [0, 0.1) is 12.3 Å². The number of benzene rings is 1. The molecule has 0 saturated carbocycles. The van der Waals surface area contributed by atoms with Crippen molar-refractivity contribution < 1.29 is 9.53 Å². The molecule has 0 unspecified atom stereocenters. The van der Waals surface area contributed by atoms with E-state index in [4.69, 9.17) is 22.8 Å². The van der Waals surface area contributed by atoms with Gasteiger partial charge in [0, 0.05) is 17.9 Å². The van der Waals surface area contributed by atoms with E-state index in [0.29, 0.717) is 29.2 Å². The topological polar surface area (TPSA) is 26.3 Å². The van der Waals surface area contributed by atoms with Gasteiger partial charge in [0.05, 0.1) is 12.7 Å². The molecule has 1 aromatic carbocycles. The number of Topliss-reactive ketones (excluding diaryl/α,β-unsaturated/α-hetero) is 1. The van der Waals surface area contributed by atoms with Crippen LogP contribution >= 0.6 is 11.6 Å². The summed E-state index contributed by atoms with van der Waals surface area (Å²) in [5.74, 6) is 2.89. The Morgan fingerprint density at radius 3 is 2.93 bits per heavy atom. The van der Waals surface area contributed by atoms with E-state index >= 15 is 0 Å². The molecular weight excluding hydrogens is 212 g/mol. The lowest BCUT2D eigenvalue weighted by molar-refractivity contribution is 0.0981. The first kappa shape index (κ1) is 11.6. The second-order valence-electron chi connectivity index (χ2n) is 2.97. The average molecular weight is 223 g/mol. The molecule has 15 heavy (non-hydrogen) atoms. The van der Waals surface area contributed by atoms with Crippen LogP contribution in [0.25, 0.3) is 0 Å². The summed E-state index contributed by atoms with van der Waals surface area (Å²) in [6.07, 6.45) is 5.86. The largest absolute Gasteiger partial charge is 0.496 e. The molecule has 0 aliphatic heterocycles. The molecule has 78 valence electrons. The number of methoxy groups -OCH3 is 1. The number of terminal acetylenes is 1. The first-order valence-corrected chi connectivity index (χ1v) is 4.87. The van der Waals surface area contributed by atoms with Crippen LogP contribution in [0.3, 0.4) is 0 Å². The van der Waals surface area contributed by atoms with Crippen LogP contribution < -0.4 is 4.74 Å². The summed E-state index contributed by atoms with van der Waals surface area (Å²) in [7, 11) is 1.50. The number of carbonyl (C=O) groups excluding carboxylic acids is 1. The number of ether oxygens (including phenoxy) is 1. The fourth-order valence-corrected chi connectivity index (χ4v) is 1.38. The summed E-state index contributed by atoms with van der Waals surface area (Å²) in [4.78, 5) is 11.7. The lowest BCUT2D eigenvalue weighted by atomic mass is 10.1. The van der Waals surface area contributed by atoms with Crippen molar-refractivity contribution in [2.75, 3.05) is 7.11 Å². The van der Waals surface area contributed by atoms with Crippen molar-refractivity contribution in [3.05, 3.63) is 28.8 Å². The third-order valence-electron chi connectivity index (χ3n) is 1.96. The average Bonchev–Trinajstić information content (AvgIpc) is 2.25. The smallest absolute Gasteiger partial charge is 0.167 e. The van der Waals surface area contributed by atoms with Crippen LogP contribution in [0.4, 0.5) is 0 Å². The third-order valence-corrected chi connectivity index (χ3v) is 2.20. The highest BCUT2D eigenvalue weighted by Crippen LogP contribution is 2.24. The van der Waals surface area contributed by atoms with E-state index in [-0.39, 0.29) is 5.78 Å². The quantitative estimate of drug-likeness (QED) is 0.578. The predicted molar refractivity (Wildman–Crippen MR) is 60.4 cm³/mol. The van der Waals surface area contributed by atoms with Gasteiger partial charge in [-0.2, -0.15) is 0 Å². The van der Waals surface area contributed by atoms with Crippen molar-refractivity contribution in [1.82, 2.24) is 0 Å². The lowest BCUT2D eigenvalue weighted by Gasteiger charge is -2.06. The molecule has 0 bridgehead atoms. The summed E-state index contributed by atoms with van der Waals surface area (Å²) in [6, 6.07) is 4.93. The van der Waals surface area contributed by atoms with Crippen molar-refractivity contribution in [2.45, 2.75) is 12.8 Å². The van der Waals surface area contributed by atoms with Gasteiger partial charge >= 0.3 is 0 Å². The monoisotopic (exact) mass is 222 g/mol. The lowest BCUT2D eigenvalue weighted by Crippen LogP contribution is -2.01. The first-order chi connectivity index (χ1) is 7.19. The highest BCUT2D eigenvalue weighted by molar-refractivity contribution is 6.30. The zero-order valence-electron chi connectivity index (χ0n) is 8.42. The van der Waals surface area contributed by atoms with Crippen molar-refractivity contribution in [1.29, 1.82) is 0 Å². The predicted octanol–water partition coefficient (Wildman–Crippen LogP) is 2.94. The van der Waals surface area contributed by atoms with Crippen molar-refractivity contribution in [3.63, 3.8) is 0 Å². The molecule has 0 saturated heterocycles. The minimum atomic E-state index is -0.0264. The minimum Gasteiger partial charge on any atom is -0.496 e. The Balaban J connectivity index is 2.93. The maximum absolute atomic E-state index is 11.7. The van der Waals surface area contributed by atoms with Gasteiger partial charge in [0.1, 0.15) is 5.75 Å². The zero-order chi connectivity index (χ0) is 11.3. The SMILES string of the molecule is C#CCCC(=O)c1ccc(Cl)cc1OC. The molecule has 0 atom stereocenters. The van der Waals surface area contributed by atoms with Gasteiger partial charge in [0.2, 0.25) is 0 Å². The van der Waals surface area contributed by atoms with Gasteiger partial charge in [0.25, 0.3) is 0 Å². The molecule has 2 nitrogen and oxygen atoms in total. The van der Waals surface area contributed by atoms with Crippen LogP contribution in [0.1, 0.15) is 23.2 Å². The van der Waals surface area contributed by atoms with Crippen molar-refractivity contribution >= 4 is 17.4 Å². The molecule has 0 fully saturated rings. The maximum Gasteiger partial charge on any atom is 0.167 e. The standard InChI is InChI=1S/C12H11ClO2/c1-3-4-5-11(14)10-7-6-9(13)8-12(10)15-2/h1,6-8H,4-5H2,2H3. The van der Waals surface area contributed by atoms with E-state index in [1.807, 2.05) is 0 Å². The molecule has 0 amide bonds. The Morgan fingerprint density at radius 1 is 1.60 bits per heavy atom. The zero-order valence-corrected chi connectivity index (χ0v) is 9.17. The molecule has 0 spiro atoms. The molecular formula is C12H11ClO2. The van der Waals surface area contributed by atoms with Gasteiger partial charge in [-0.3, -0.25) is 4.79 Å². The molecule has 1 rings (SSSR count). The Hall–Kier alpha value is -1.46. The Kier molecular flexibility index (Phi) is 4.20. The summed E-state index contributed by atoms with van der Waals surface area (Å²) >= 11 is 5.78. The fraction of sp³-hybridized carbons (Fsp3) is 0.250. The molecule has 3 heteroatoms. The summed E-state index contributed by atoms with van der Waals surface area (Å²) in [5.41, 5.74) is 0.525. The Bertz CT molecular complexity index is 405. The van der Waals surface area contributed by atoms with Gasteiger partial charge in [-0.1, -0.05) is 11.6 Å². The van der Waals surface area contributed by atoms with Crippen LogP contribution in [-0.2, 0) is 0 Å². The maximum atomic E-state index is 11.7. The van der Waals surface area contributed by atoms with Gasteiger partial charge in [-0.05, 0) is 18.2 Å². The number of carbonyl (C=O) groups is 1. The van der Waals surface area contributed by atoms with Gasteiger partial charge in [0.15, 0.2) is 5.78 Å². The second-order valence-corrected chi connectivity index (χ2v) is 3.41. The van der Waals surface area contributed by atoms with Gasteiger partial charge < -0.3 is 4.74 Å². The molecule has 0 N–H and O–H groups in total. The van der Waals surface area contributed by atoms with Crippen LogP contribution in [0.15, 0.2) is 18.2 Å². The van der Waals surface area contributed by atoms with Crippen LogP contribution in [0.5, 0.6) is 5.75 Å². The summed E-state index contributed by atoms with van der Waals surface area (Å²) < 4.78 is 5.07. The van der Waals surface area contributed by atoms with E-state index in [0.717, 1.165) is 0 Å². The number of hydrogen-bond acceptors (Lipinski definition) is 2. The van der Waals surface area contributed by atoms with Crippen LogP contribution in [0.2, 0.25) is 5.02 Å². The van der Waals surface area contributed by atoms with Crippen LogP contribution in [-0.4, -0.2) is 12.9 Å². The Labute approximate surface area is 94.2 Å². The molecule has 0 radical (unpaired) electrons. The highest BCUT2D eigenvalue weighted by atomic mass is 35.5. The van der Waals surface area contributed by atoms with E-state index in [1.165, 1.54) is 7.11 Å². The van der Waals surface area contributed by atoms with E-state index in [1.54, 1.807) is 18.2 Å². The molecule has 1 aromatic rings. The fourth-order valence-electron chi connectivity index (χ4n) is 1.22. The van der Waals surface area contributed by atoms with Crippen molar-refractivity contribution in [3.8, 4) is 18.1 Å². The second kappa shape index (κ2) is 5.43. The number of rotatable bonds is 4. The molecule has 0 heterocycles. The van der Waals surface area contributed by atoms with Crippen molar-refractivity contribution in [2.24, 2.45) is 0 Å². The highest BCUT2D eigenvalue weighted by Gasteiger charge is 2.11. The molecule has 0 aliphatic carbocycles. The Morgan fingerprint density at radius 2 is 2.33 bits per heavy atom. The summed E-state index contributed by atoms with van der Waals surface area (Å²) in [6.45, 7) is 0. The van der Waals surface area contributed by atoms with E-state index in [2.05, 4.69) is 5.92 Å². The first-order valence-electron chi connectivity index (χ1n) is 4.49. The molecule has 0 aromatic heterocycles. The number of ketones is 1. The normalized spacial score (nSPS) is 9.40. The van der Waals surface area contributed by atoms with Gasteiger partial charge in [-0.15, -0.1) is 12.3 Å². The molecule has 0 aliphatic rings. The third kappa shape index (κ3) is 3.00. The van der Waals surface area contributed by atoms with E-state index in [9.17, 15) is 4.79 Å². The number of hydrogen-bond donors (Lipinski definition) is 0. The minimum absolute atomic E-state index is 0.0264. The summed E-state index contributed by atoms with van der Waals surface area (Å²) in [5, 5.41) is 0.542.